The highest BCUT2D eigenvalue weighted by molar-refractivity contribution is 7.98. The fourth-order valence-electron chi connectivity index (χ4n) is 4.72. The van der Waals surface area contributed by atoms with E-state index in [-0.39, 0.29) is 33.6 Å². The Balaban J connectivity index is 1.64. The molecule has 0 aliphatic heterocycles. The molecule has 0 aliphatic carbocycles. The third-order valence-electron chi connectivity index (χ3n) is 7.33. The summed E-state index contributed by atoms with van der Waals surface area (Å²) in [6, 6.07) is 13.7. The highest BCUT2D eigenvalue weighted by atomic mass is 35.5. The minimum absolute atomic E-state index is 0.0312. The molecule has 0 spiro atoms. The number of methoxy groups -OCH3 is 1. The number of benzene rings is 3. The summed E-state index contributed by atoms with van der Waals surface area (Å²) < 4.78 is 66.7. The average Bonchev–Trinajstić information content (AvgIpc) is 3.39. The Morgan fingerprint density at radius 2 is 1.71 bits per heavy atom. The maximum Gasteiger partial charge on any atom is 0.173 e. The van der Waals surface area contributed by atoms with Crippen LogP contribution in [0.15, 0.2) is 70.8 Å². The summed E-state index contributed by atoms with van der Waals surface area (Å²) in [7, 11) is 3.48. The summed E-state index contributed by atoms with van der Waals surface area (Å²) in [4.78, 5) is 4.36. The zero-order valence-corrected chi connectivity index (χ0v) is 29.1. The van der Waals surface area contributed by atoms with Gasteiger partial charge in [0.05, 0.1) is 56.6 Å². The van der Waals surface area contributed by atoms with Crippen molar-refractivity contribution >= 4 is 45.0 Å². The normalized spacial score (nSPS) is 12.5. The molecule has 1 heterocycles. The van der Waals surface area contributed by atoms with Gasteiger partial charge in [-0.25, -0.2) is 22.2 Å². The van der Waals surface area contributed by atoms with E-state index >= 15 is 4.39 Å². The van der Waals surface area contributed by atoms with Gasteiger partial charge in [0.1, 0.15) is 27.4 Å². The SMILES string of the molecule is COc1cc(C(C)(C)c2cnc(SCc3c(F)cc(S(=O)(=O)[N-]CCC[N+](C)(C)C)cc3Cl)n2-c2ccc(F)cc2)ccc1Cl. The molecule has 7 nitrogen and oxygen atoms in total. The molecule has 0 amide bonds. The fourth-order valence-corrected chi connectivity index (χ4v) is 7.40. The van der Waals surface area contributed by atoms with Crippen LogP contribution in [0, 0.1) is 11.6 Å². The van der Waals surface area contributed by atoms with Gasteiger partial charge in [-0.3, -0.25) is 4.57 Å². The van der Waals surface area contributed by atoms with Gasteiger partial charge in [0.2, 0.25) is 0 Å². The van der Waals surface area contributed by atoms with Crippen molar-refractivity contribution in [1.29, 1.82) is 0 Å². The summed E-state index contributed by atoms with van der Waals surface area (Å²) in [5, 5.41) is 0.952. The van der Waals surface area contributed by atoms with Crippen molar-refractivity contribution in [3.63, 3.8) is 0 Å². The van der Waals surface area contributed by atoms with Crippen molar-refractivity contribution in [3.05, 3.63) is 104 Å². The van der Waals surface area contributed by atoms with Crippen LogP contribution >= 0.6 is 35.0 Å². The molecule has 3 aromatic carbocycles. The molecule has 0 unspecified atom stereocenters. The standard InChI is InChI=1S/C32H36Cl2F2N4O3S2/c1-32(2,21-8-13-26(33)29(16-21)43-6)30-19-37-31(39(30)23-11-9-22(35)10-12-23)44-20-25-27(34)17-24(18-28(25)36)45(41,42)38-14-7-15-40(3,4)5/h8-13,16-19H,7,14-15,20H2,1-6H3. The van der Waals surface area contributed by atoms with Crippen LogP contribution in [0.4, 0.5) is 8.78 Å². The molecule has 0 atom stereocenters. The van der Waals surface area contributed by atoms with E-state index in [1.807, 2.05) is 51.7 Å². The van der Waals surface area contributed by atoms with E-state index in [1.165, 1.54) is 30.0 Å². The number of ether oxygens (including phenoxy) is 1. The van der Waals surface area contributed by atoms with E-state index in [1.54, 1.807) is 31.5 Å². The first-order valence-electron chi connectivity index (χ1n) is 14.1. The van der Waals surface area contributed by atoms with Crippen LogP contribution in [0.5, 0.6) is 5.75 Å². The molecule has 0 aliphatic rings. The number of hydrogen-bond acceptors (Lipinski definition) is 5. The summed E-state index contributed by atoms with van der Waals surface area (Å²) in [5.74, 6) is -0.570. The second-order valence-electron chi connectivity index (χ2n) is 12.1. The van der Waals surface area contributed by atoms with Gasteiger partial charge in [-0.1, -0.05) is 54.9 Å². The van der Waals surface area contributed by atoms with Gasteiger partial charge in [0.15, 0.2) is 5.16 Å². The quantitative estimate of drug-likeness (QED) is 0.0800. The van der Waals surface area contributed by atoms with Crippen molar-refractivity contribution in [2.45, 2.75) is 41.5 Å². The van der Waals surface area contributed by atoms with Gasteiger partial charge < -0.3 is 13.9 Å². The number of halogens is 4. The molecule has 13 heteroatoms. The number of thioether (sulfide) groups is 1. The van der Waals surface area contributed by atoms with Crippen molar-refractivity contribution in [1.82, 2.24) is 9.55 Å². The minimum Gasteiger partial charge on any atom is -0.545 e. The lowest BCUT2D eigenvalue weighted by molar-refractivity contribution is -0.870. The van der Waals surface area contributed by atoms with E-state index in [0.717, 1.165) is 23.9 Å². The van der Waals surface area contributed by atoms with Gasteiger partial charge in [-0.05, 0) is 60.5 Å². The van der Waals surface area contributed by atoms with Crippen LogP contribution in [-0.2, 0) is 21.2 Å². The molecule has 242 valence electrons. The van der Waals surface area contributed by atoms with Gasteiger partial charge >= 0.3 is 0 Å². The molecule has 0 saturated heterocycles. The van der Waals surface area contributed by atoms with Crippen molar-refractivity contribution in [3.8, 4) is 11.4 Å². The smallest absolute Gasteiger partial charge is 0.173 e. The number of aromatic nitrogens is 2. The van der Waals surface area contributed by atoms with Crippen LogP contribution in [0.3, 0.4) is 0 Å². The maximum atomic E-state index is 15.4. The molecule has 45 heavy (non-hydrogen) atoms. The Bertz CT molecular complexity index is 1750. The second kappa shape index (κ2) is 14.0. The molecule has 0 radical (unpaired) electrons. The van der Waals surface area contributed by atoms with Crippen LogP contribution in [0.1, 0.15) is 37.1 Å². The Hall–Kier alpha value is -2.67. The van der Waals surface area contributed by atoms with E-state index in [0.29, 0.717) is 32.5 Å². The molecule has 0 bridgehead atoms. The zero-order valence-electron chi connectivity index (χ0n) is 25.9. The summed E-state index contributed by atoms with van der Waals surface area (Å²) in [6.07, 6.45) is 2.29. The summed E-state index contributed by atoms with van der Waals surface area (Å²) in [6.45, 7) is 4.88. The largest absolute Gasteiger partial charge is 0.545 e. The molecule has 4 aromatic rings. The van der Waals surface area contributed by atoms with Gasteiger partial charge in [-0.15, -0.1) is 6.54 Å². The molecular formula is C32H36Cl2F2N4O3S2. The van der Waals surface area contributed by atoms with Crippen molar-refractivity contribution < 1.29 is 26.4 Å². The number of sulfonamides is 1. The van der Waals surface area contributed by atoms with Crippen molar-refractivity contribution in [2.75, 3.05) is 41.3 Å². The molecule has 4 rings (SSSR count). The Labute approximate surface area is 278 Å². The Morgan fingerprint density at radius 3 is 2.33 bits per heavy atom. The van der Waals surface area contributed by atoms with Crippen LogP contribution in [0.2, 0.25) is 10.0 Å². The molecular weight excluding hydrogens is 661 g/mol. The molecule has 0 N–H and O–H groups in total. The number of rotatable bonds is 13. The monoisotopic (exact) mass is 696 g/mol. The third kappa shape index (κ3) is 8.38. The number of hydrogen-bond donors (Lipinski definition) is 0. The molecule has 1 aromatic heterocycles. The van der Waals surface area contributed by atoms with E-state index in [9.17, 15) is 12.8 Å². The van der Waals surface area contributed by atoms with Crippen LogP contribution in [0.25, 0.3) is 10.4 Å². The first kappa shape index (κ1) is 35.2. The van der Waals surface area contributed by atoms with Crippen LogP contribution < -0.4 is 4.74 Å². The summed E-state index contributed by atoms with van der Waals surface area (Å²) in [5.41, 5.74) is 1.84. The molecule has 0 saturated carbocycles. The highest BCUT2D eigenvalue weighted by Crippen LogP contribution is 2.40. The molecule has 0 fully saturated rings. The second-order valence-corrected chi connectivity index (χ2v) is 15.5. The van der Waals surface area contributed by atoms with Crippen LogP contribution in [-0.4, -0.2) is 63.8 Å². The minimum atomic E-state index is -4.08. The van der Waals surface area contributed by atoms with Gasteiger partial charge in [0, 0.05) is 27.4 Å². The predicted octanol–water partition coefficient (Wildman–Crippen LogP) is 8.24. The number of imidazole rings is 1. The van der Waals surface area contributed by atoms with E-state index < -0.39 is 21.3 Å². The first-order valence-corrected chi connectivity index (χ1v) is 17.2. The topological polar surface area (TPSA) is 75.3 Å². The Morgan fingerprint density at radius 1 is 1.02 bits per heavy atom. The predicted molar refractivity (Wildman–Crippen MR) is 178 cm³/mol. The van der Waals surface area contributed by atoms with E-state index in [2.05, 4.69) is 9.71 Å². The van der Waals surface area contributed by atoms with E-state index in [4.69, 9.17) is 27.9 Å². The highest BCUT2D eigenvalue weighted by Gasteiger charge is 2.30. The Kier molecular flexibility index (Phi) is 10.9. The lowest BCUT2D eigenvalue weighted by Gasteiger charge is -2.28. The lowest BCUT2D eigenvalue weighted by Crippen LogP contribution is -2.35. The first-order chi connectivity index (χ1) is 21.0. The zero-order chi connectivity index (χ0) is 33.2. The third-order valence-corrected chi connectivity index (χ3v) is 10.3. The maximum absolute atomic E-state index is 15.4. The number of nitrogens with zero attached hydrogens (tertiary/aromatic N) is 4. The number of quaternary nitrogens is 1. The van der Waals surface area contributed by atoms with Gasteiger partial charge in [0.25, 0.3) is 0 Å². The fraction of sp³-hybridized carbons (Fsp3) is 0.344. The average molecular weight is 698 g/mol. The summed E-state index contributed by atoms with van der Waals surface area (Å²) >= 11 is 13.9. The lowest BCUT2D eigenvalue weighted by atomic mass is 9.81. The van der Waals surface area contributed by atoms with Gasteiger partial charge in [-0.2, -0.15) is 0 Å². The van der Waals surface area contributed by atoms with Crippen molar-refractivity contribution in [2.24, 2.45) is 0 Å².